The number of rotatable bonds is 6. The van der Waals surface area contributed by atoms with Crippen LogP contribution in [0.3, 0.4) is 0 Å². The van der Waals surface area contributed by atoms with Gasteiger partial charge in [-0.15, -0.1) is 0 Å². The van der Waals surface area contributed by atoms with Crippen molar-refractivity contribution in [2.24, 2.45) is 0 Å². The number of nitrogens with zero attached hydrogens (tertiary/aromatic N) is 4. The quantitative estimate of drug-likeness (QED) is 0.553. The van der Waals surface area contributed by atoms with E-state index in [1.165, 1.54) is 0 Å². The summed E-state index contributed by atoms with van der Waals surface area (Å²) < 4.78 is 1.68. The first-order chi connectivity index (χ1) is 15.8. The van der Waals surface area contributed by atoms with Crippen molar-refractivity contribution in [1.82, 2.24) is 14.8 Å². The van der Waals surface area contributed by atoms with E-state index < -0.39 is 6.04 Å². The van der Waals surface area contributed by atoms with Crippen molar-refractivity contribution in [2.75, 3.05) is 28.6 Å². The number of carbonyl (C=O) groups is 2. The zero-order chi connectivity index (χ0) is 23.5. The summed E-state index contributed by atoms with van der Waals surface area (Å²) in [5.74, 6) is 0.210. The smallest absolute Gasteiger partial charge is 0.259 e. The van der Waals surface area contributed by atoms with Crippen LogP contribution >= 0.6 is 11.6 Å². The molecular formula is C24H27ClN6O2. The minimum atomic E-state index is -0.497. The van der Waals surface area contributed by atoms with Gasteiger partial charge in [0.15, 0.2) is 0 Å². The van der Waals surface area contributed by atoms with Crippen LogP contribution in [0.4, 0.5) is 17.2 Å². The van der Waals surface area contributed by atoms with E-state index in [1.807, 2.05) is 19.9 Å². The molecule has 2 aromatic heterocycles. The number of halogens is 1. The van der Waals surface area contributed by atoms with E-state index in [-0.39, 0.29) is 11.8 Å². The summed E-state index contributed by atoms with van der Waals surface area (Å²) in [5, 5.41) is 10.4. The Balaban J connectivity index is 1.45. The second kappa shape index (κ2) is 9.62. The first kappa shape index (κ1) is 22.8. The Morgan fingerprint density at radius 2 is 1.85 bits per heavy atom. The Bertz CT molecular complexity index is 1190. The summed E-state index contributed by atoms with van der Waals surface area (Å²) in [7, 11) is 0. The first-order valence-corrected chi connectivity index (χ1v) is 11.4. The van der Waals surface area contributed by atoms with Crippen LogP contribution in [0.2, 0.25) is 5.02 Å². The molecule has 3 aromatic rings. The van der Waals surface area contributed by atoms with Gasteiger partial charge < -0.3 is 15.5 Å². The molecule has 1 saturated heterocycles. The second-order valence-corrected chi connectivity index (χ2v) is 8.66. The lowest BCUT2D eigenvalue weighted by atomic mass is 10.2. The molecule has 0 aliphatic carbocycles. The molecule has 2 N–H and O–H groups in total. The summed E-state index contributed by atoms with van der Waals surface area (Å²) in [4.78, 5) is 32.2. The van der Waals surface area contributed by atoms with E-state index in [4.69, 9.17) is 11.6 Å². The highest BCUT2D eigenvalue weighted by Crippen LogP contribution is 2.28. The Labute approximate surface area is 198 Å². The van der Waals surface area contributed by atoms with Crippen LogP contribution in [-0.4, -0.2) is 39.7 Å². The molecule has 1 fully saturated rings. The van der Waals surface area contributed by atoms with Gasteiger partial charge >= 0.3 is 0 Å². The van der Waals surface area contributed by atoms with Crippen LogP contribution < -0.4 is 15.5 Å². The Morgan fingerprint density at radius 1 is 1.09 bits per heavy atom. The van der Waals surface area contributed by atoms with Crippen molar-refractivity contribution in [3.63, 3.8) is 0 Å². The maximum Gasteiger partial charge on any atom is 0.259 e. The van der Waals surface area contributed by atoms with Crippen molar-refractivity contribution in [3.8, 4) is 0 Å². The van der Waals surface area contributed by atoms with Crippen LogP contribution in [0.25, 0.3) is 0 Å². The molecule has 1 aromatic carbocycles. The average molecular weight is 467 g/mol. The molecule has 1 unspecified atom stereocenters. The maximum absolute atomic E-state index is 12.9. The van der Waals surface area contributed by atoms with Gasteiger partial charge in [-0.2, -0.15) is 5.10 Å². The number of benzene rings is 1. The molecule has 8 nitrogen and oxygen atoms in total. The van der Waals surface area contributed by atoms with Crippen LogP contribution in [0, 0.1) is 13.8 Å². The van der Waals surface area contributed by atoms with Gasteiger partial charge in [0.25, 0.3) is 5.91 Å². The Hall–Kier alpha value is -3.39. The molecule has 2 amide bonds. The standard InChI is InChI=1S/C24H27ClN6O2/c1-15-13-16(2)31(29-15)17(3)23(32)28-21-9-8-18(14-20(21)25)27-24(33)19-7-6-10-26-22(19)30-11-4-5-12-30/h6-10,13-14,17H,4-5,11-12H2,1-3H3,(H,27,33)(H,28,32). The fourth-order valence-corrected chi connectivity index (χ4v) is 4.26. The number of hydrogen-bond donors (Lipinski definition) is 2. The molecule has 3 heterocycles. The largest absolute Gasteiger partial charge is 0.356 e. The average Bonchev–Trinajstić information content (AvgIpc) is 3.44. The summed E-state index contributed by atoms with van der Waals surface area (Å²) in [5.41, 5.74) is 3.28. The topological polar surface area (TPSA) is 92.2 Å². The number of aromatic nitrogens is 3. The molecule has 0 saturated carbocycles. The van der Waals surface area contributed by atoms with Crippen molar-refractivity contribution in [3.05, 3.63) is 64.6 Å². The van der Waals surface area contributed by atoms with Gasteiger partial charge in [0.1, 0.15) is 11.9 Å². The monoisotopic (exact) mass is 466 g/mol. The van der Waals surface area contributed by atoms with E-state index in [1.54, 1.807) is 48.1 Å². The lowest BCUT2D eigenvalue weighted by Crippen LogP contribution is -2.25. The highest BCUT2D eigenvalue weighted by Gasteiger charge is 2.22. The highest BCUT2D eigenvalue weighted by molar-refractivity contribution is 6.34. The van der Waals surface area contributed by atoms with E-state index in [2.05, 4.69) is 25.6 Å². The number of aryl methyl sites for hydroxylation is 2. The van der Waals surface area contributed by atoms with Crippen molar-refractivity contribution < 1.29 is 9.59 Å². The van der Waals surface area contributed by atoms with Crippen LogP contribution in [0.1, 0.15) is 47.6 Å². The van der Waals surface area contributed by atoms with Crippen LogP contribution in [-0.2, 0) is 4.79 Å². The van der Waals surface area contributed by atoms with Crippen molar-refractivity contribution in [1.29, 1.82) is 0 Å². The van der Waals surface area contributed by atoms with Crippen molar-refractivity contribution >= 4 is 40.6 Å². The predicted molar refractivity (Wildman–Crippen MR) is 130 cm³/mol. The third-order valence-electron chi connectivity index (χ3n) is 5.71. The van der Waals surface area contributed by atoms with E-state index >= 15 is 0 Å². The minimum Gasteiger partial charge on any atom is -0.356 e. The fraction of sp³-hybridized carbons (Fsp3) is 0.333. The molecular weight excluding hydrogens is 440 g/mol. The number of carbonyl (C=O) groups excluding carboxylic acids is 2. The Kier molecular flexibility index (Phi) is 6.65. The lowest BCUT2D eigenvalue weighted by molar-refractivity contribution is -0.119. The van der Waals surface area contributed by atoms with Gasteiger partial charge in [-0.25, -0.2) is 4.98 Å². The minimum absolute atomic E-state index is 0.231. The number of amides is 2. The summed E-state index contributed by atoms with van der Waals surface area (Å²) in [6.07, 6.45) is 3.89. The number of anilines is 3. The molecule has 1 aliphatic rings. The highest BCUT2D eigenvalue weighted by atomic mass is 35.5. The molecule has 33 heavy (non-hydrogen) atoms. The third kappa shape index (κ3) is 5.01. The van der Waals surface area contributed by atoms with E-state index in [0.717, 1.165) is 37.3 Å². The summed E-state index contributed by atoms with van der Waals surface area (Å²) in [6, 6.07) is 9.95. The zero-order valence-electron chi connectivity index (χ0n) is 18.9. The Morgan fingerprint density at radius 3 is 2.52 bits per heavy atom. The summed E-state index contributed by atoms with van der Waals surface area (Å²) >= 11 is 6.41. The fourth-order valence-electron chi connectivity index (χ4n) is 4.03. The van der Waals surface area contributed by atoms with E-state index in [0.29, 0.717) is 27.8 Å². The first-order valence-electron chi connectivity index (χ1n) is 11.0. The summed E-state index contributed by atoms with van der Waals surface area (Å²) in [6.45, 7) is 7.37. The van der Waals surface area contributed by atoms with Gasteiger partial charge in [-0.3, -0.25) is 14.3 Å². The molecule has 4 rings (SSSR count). The number of nitrogens with one attached hydrogen (secondary N) is 2. The van der Waals surface area contributed by atoms with Crippen LogP contribution in [0.5, 0.6) is 0 Å². The lowest BCUT2D eigenvalue weighted by Gasteiger charge is -2.19. The second-order valence-electron chi connectivity index (χ2n) is 8.25. The maximum atomic E-state index is 12.9. The van der Waals surface area contributed by atoms with Gasteiger partial charge in [0.2, 0.25) is 5.91 Å². The SMILES string of the molecule is Cc1cc(C)n(C(C)C(=O)Nc2ccc(NC(=O)c3cccnc3N3CCCC3)cc2Cl)n1. The molecule has 0 spiro atoms. The molecule has 0 radical (unpaired) electrons. The van der Waals surface area contributed by atoms with Gasteiger partial charge in [-0.05, 0) is 70.0 Å². The van der Waals surface area contributed by atoms with Crippen molar-refractivity contribution in [2.45, 2.75) is 39.7 Å². The molecule has 1 aliphatic heterocycles. The van der Waals surface area contributed by atoms with Gasteiger partial charge in [-0.1, -0.05) is 11.6 Å². The normalized spacial score (nSPS) is 14.2. The predicted octanol–water partition coefficient (Wildman–Crippen LogP) is 4.60. The molecule has 9 heteroatoms. The van der Waals surface area contributed by atoms with Crippen LogP contribution in [0.15, 0.2) is 42.6 Å². The van der Waals surface area contributed by atoms with Gasteiger partial charge in [0, 0.05) is 30.7 Å². The number of hydrogen-bond acceptors (Lipinski definition) is 5. The molecule has 1 atom stereocenters. The molecule has 172 valence electrons. The molecule has 0 bridgehead atoms. The third-order valence-corrected chi connectivity index (χ3v) is 6.03. The zero-order valence-corrected chi connectivity index (χ0v) is 19.7. The number of pyridine rings is 1. The van der Waals surface area contributed by atoms with E-state index in [9.17, 15) is 9.59 Å². The van der Waals surface area contributed by atoms with Gasteiger partial charge in [0.05, 0.1) is 22.0 Å².